The molecule has 0 saturated heterocycles. The summed E-state index contributed by atoms with van der Waals surface area (Å²) in [4.78, 5) is 20.2. The van der Waals surface area contributed by atoms with Crippen LogP contribution in [0.5, 0.6) is 0 Å². The zero-order valence-electron chi connectivity index (χ0n) is 14.2. The van der Waals surface area contributed by atoms with E-state index in [0.29, 0.717) is 21.4 Å². The molecule has 2 rings (SSSR count). The van der Waals surface area contributed by atoms with Crippen molar-refractivity contribution in [2.24, 2.45) is 4.99 Å². The second-order valence-electron chi connectivity index (χ2n) is 5.45. The molecule has 1 heterocycles. The van der Waals surface area contributed by atoms with Crippen LogP contribution < -0.4 is 16.0 Å². The number of benzene rings is 1. The average Bonchev–Trinajstić information content (AvgIpc) is 2.66. The van der Waals surface area contributed by atoms with Crippen LogP contribution >= 0.6 is 46.4 Å². The van der Waals surface area contributed by atoms with Gasteiger partial charge in [-0.05, 0) is 30.3 Å². The van der Waals surface area contributed by atoms with Crippen molar-refractivity contribution in [3.05, 3.63) is 58.3 Å². The number of hydrogen-bond acceptors (Lipinski definition) is 4. The van der Waals surface area contributed by atoms with E-state index in [1.165, 1.54) is 12.3 Å². The Morgan fingerprint density at radius 1 is 1.25 bits per heavy atom. The third-order valence-corrected chi connectivity index (χ3v) is 4.19. The van der Waals surface area contributed by atoms with Crippen LogP contribution in [0, 0.1) is 11.5 Å². The standard InChI is InChI=1S/C17H14Cl4N6O/c18-12-3-1-2-11(6-12)15(28)24-8-17(20,21)9-25-16(26-10-22)27-13-4-5-14(19)23-7-13/h1-7H,8-9H2,(H,24,28)(H2,25,26,27). The lowest BCUT2D eigenvalue weighted by Crippen LogP contribution is -2.38. The zero-order valence-corrected chi connectivity index (χ0v) is 17.2. The Hall–Kier alpha value is -2.24. The molecule has 0 radical (unpaired) electrons. The molecule has 1 aromatic carbocycles. The zero-order chi connectivity index (χ0) is 20.6. The Labute approximate surface area is 181 Å². The number of anilines is 1. The first kappa shape index (κ1) is 22.1. The van der Waals surface area contributed by atoms with Crippen molar-refractivity contribution in [2.75, 3.05) is 18.4 Å². The first-order valence-electron chi connectivity index (χ1n) is 7.79. The van der Waals surface area contributed by atoms with E-state index in [0.717, 1.165) is 0 Å². The van der Waals surface area contributed by atoms with Gasteiger partial charge in [-0.15, -0.1) is 0 Å². The predicted molar refractivity (Wildman–Crippen MR) is 112 cm³/mol. The highest BCUT2D eigenvalue weighted by atomic mass is 35.5. The lowest BCUT2D eigenvalue weighted by atomic mass is 10.2. The summed E-state index contributed by atoms with van der Waals surface area (Å²) in [6.07, 6.45) is 3.22. The predicted octanol–water partition coefficient (Wildman–Crippen LogP) is 3.83. The van der Waals surface area contributed by atoms with Crippen LogP contribution in [0.3, 0.4) is 0 Å². The Bertz CT molecular complexity index is 895. The first-order valence-corrected chi connectivity index (χ1v) is 9.30. The molecule has 0 saturated carbocycles. The lowest BCUT2D eigenvalue weighted by Gasteiger charge is -2.18. The summed E-state index contributed by atoms with van der Waals surface area (Å²) in [5.41, 5.74) is 0.929. The number of nitrogens with zero attached hydrogens (tertiary/aromatic N) is 3. The normalized spacial score (nSPS) is 11.5. The van der Waals surface area contributed by atoms with Crippen molar-refractivity contribution in [1.29, 1.82) is 5.26 Å². The second-order valence-corrected chi connectivity index (χ2v) is 7.91. The molecule has 7 nitrogen and oxygen atoms in total. The summed E-state index contributed by atoms with van der Waals surface area (Å²) < 4.78 is -1.41. The summed E-state index contributed by atoms with van der Waals surface area (Å²) in [5, 5.41) is 17.5. The highest BCUT2D eigenvalue weighted by Crippen LogP contribution is 2.21. The SMILES string of the molecule is N#CNC(=NCC(Cl)(Cl)CNC(=O)c1cccc(Cl)c1)Nc1ccc(Cl)nc1. The molecule has 0 aliphatic rings. The molecule has 2 aromatic rings. The highest BCUT2D eigenvalue weighted by Gasteiger charge is 2.25. The number of aromatic nitrogens is 1. The number of aliphatic imine (C=N–C) groups is 1. The summed E-state index contributed by atoms with van der Waals surface area (Å²) in [7, 11) is 0. The van der Waals surface area contributed by atoms with Gasteiger partial charge in [0.25, 0.3) is 5.91 Å². The quantitative estimate of drug-likeness (QED) is 0.152. The van der Waals surface area contributed by atoms with E-state index in [9.17, 15) is 4.79 Å². The average molecular weight is 460 g/mol. The number of halogens is 4. The number of pyridine rings is 1. The van der Waals surface area contributed by atoms with Crippen LogP contribution in [-0.2, 0) is 0 Å². The van der Waals surface area contributed by atoms with E-state index in [-0.39, 0.29) is 25.0 Å². The lowest BCUT2D eigenvalue weighted by molar-refractivity contribution is 0.0952. The topological polar surface area (TPSA) is 102 Å². The maximum atomic E-state index is 12.1. The number of nitriles is 1. The van der Waals surface area contributed by atoms with Gasteiger partial charge in [0.1, 0.15) is 5.15 Å². The molecule has 146 valence electrons. The van der Waals surface area contributed by atoms with Crippen molar-refractivity contribution in [1.82, 2.24) is 15.6 Å². The molecule has 3 N–H and O–H groups in total. The minimum absolute atomic E-state index is 0.0761. The van der Waals surface area contributed by atoms with Crippen LogP contribution in [0.1, 0.15) is 10.4 Å². The van der Waals surface area contributed by atoms with Crippen LogP contribution in [0.4, 0.5) is 5.69 Å². The number of nitrogens with one attached hydrogen (secondary N) is 3. The van der Waals surface area contributed by atoms with Crippen LogP contribution in [0.15, 0.2) is 47.6 Å². The van der Waals surface area contributed by atoms with Crippen LogP contribution in [-0.4, -0.2) is 34.3 Å². The molecule has 11 heteroatoms. The third-order valence-electron chi connectivity index (χ3n) is 3.23. The molecule has 0 bridgehead atoms. The van der Waals surface area contributed by atoms with Gasteiger partial charge in [0, 0.05) is 10.6 Å². The summed E-state index contributed by atoms with van der Waals surface area (Å²) >= 11 is 24.0. The first-order chi connectivity index (χ1) is 13.3. The van der Waals surface area contributed by atoms with E-state index in [1.54, 1.807) is 36.5 Å². The number of hydrogen-bond donors (Lipinski definition) is 3. The van der Waals surface area contributed by atoms with Gasteiger partial charge in [0.15, 0.2) is 10.5 Å². The molecule has 0 aliphatic heterocycles. The number of alkyl halides is 2. The van der Waals surface area contributed by atoms with Gasteiger partial charge in [-0.1, -0.05) is 52.5 Å². The number of amides is 1. The second kappa shape index (κ2) is 10.3. The fourth-order valence-electron chi connectivity index (χ4n) is 1.94. The fraction of sp³-hybridized carbons (Fsp3) is 0.176. The van der Waals surface area contributed by atoms with Gasteiger partial charge in [-0.2, -0.15) is 5.26 Å². The molecular formula is C17H14Cl4N6O. The van der Waals surface area contributed by atoms with Crippen LogP contribution in [0.25, 0.3) is 0 Å². The van der Waals surface area contributed by atoms with E-state index in [1.807, 2.05) is 0 Å². The van der Waals surface area contributed by atoms with Crippen molar-refractivity contribution >= 4 is 64.0 Å². The van der Waals surface area contributed by atoms with E-state index < -0.39 is 4.33 Å². The maximum absolute atomic E-state index is 12.1. The Morgan fingerprint density at radius 2 is 2.04 bits per heavy atom. The summed E-state index contributed by atoms with van der Waals surface area (Å²) in [6.45, 7) is -0.183. The summed E-state index contributed by atoms with van der Waals surface area (Å²) in [6, 6.07) is 9.69. The van der Waals surface area contributed by atoms with Crippen molar-refractivity contribution < 1.29 is 4.79 Å². The van der Waals surface area contributed by atoms with Gasteiger partial charge in [-0.25, -0.2) is 9.98 Å². The molecule has 1 aromatic heterocycles. The molecule has 0 unspecified atom stereocenters. The Balaban J connectivity index is 1.96. The van der Waals surface area contributed by atoms with E-state index in [4.69, 9.17) is 51.7 Å². The maximum Gasteiger partial charge on any atom is 0.251 e. The minimum Gasteiger partial charge on any atom is -0.349 e. The van der Waals surface area contributed by atoms with Gasteiger partial charge < -0.3 is 10.6 Å². The van der Waals surface area contributed by atoms with Crippen molar-refractivity contribution in [2.45, 2.75) is 4.33 Å². The van der Waals surface area contributed by atoms with Crippen molar-refractivity contribution in [3.8, 4) is 6.19 Å². The molecule has 0 aliphatic carbocycles. The van der Waals surface area contributed by atoms with E-state index in [2.05, 4.69) is 25.9 Å². The minimum atomic E-state index is -1.41. The summed E-state index contributed by atoms with van der Waals surface area (Å²) in [5.74, 6) is -0.267. The number of guanidine groups is 1. The van der Waals surface area contributed by atoms with E-state index >= 15 is 0 Å². The Kier molecular flexibility index (Phi) is 8.15. The molecule has 1 amide bonds. The number of carbonyl (C=O) groups is 1. The van der Waals surface area contributed by atoms with Gasteiger partial charge in [0.2, 0.25) is 5.96 Å². The van der Waals surface area contributed by atoms with Gasteiger partial charge in [0.05, 0.1) is 25.0 Å². The van der Waals surface area contributed by atoms with Crippen LogP contribution in [0.2, 0.25) is 10.2 Å². The van der Waals surface area contributed by atoms with Crippen molar-refractivity contribution in [3.63, 3.8) is 0 Å². The molecule has 0 atom stereocenters. The molecule has 28 heavy (non-hydrogen) atoms. The van der Waals surface area contributed by atoms with Gasteiger partial charge >= 0.3 is 0 Å². The number of rotatable bonds is 6. The third kappa shape index (κ3) is 7.41. The highest BCUT2D eigenvalue weighted by molar-refractivity contribution is 6.49. The molecular weight excluding hydrogens is 446 g/mol. The number of carbonyl (C=O) groups excluding carboxylic acids is 1. The Morgan fingerprint density at radius 3 is 2.68 bits per heavy atom. The fourth-order valence-corrected chi connectivity index (χ4v) is 2.50. The smallest absolute Gasteiger partial charge is 0.251 e. The largest absolute Gasteiger partial charge is 0.349 e. The molecule has 0 fully saturated rings. The molecule has 0 spiro atoms. The van der Waals surface area contributed by atoms with Gasteiger partial charge in [-0.3, -0.25) is 10.1 Å². The monoisotopic (exact) mass is 458 g/mol.